The average Bonchev–Trinajstić information content (AvgIpc) is 2.00. The summed E-state index contributed by atoms with van der Waals surface area (Å²) in [6.45, 7) is 12.3. The fourth-order valence-electron chi connectivity index (χ4n) is 1.29. The van der Waals surface area contributed by atoms with Crippen LogP contribution in [0.2, 0.25) is 0 Å². The van der Waals surface area contributed by atoms with Crippen molar-refractivity contribution in [2.45, 2.75) is 40.5 Å². The Morgan fingerprint density at radius 2 is 1.69 bits per heavy atom. The van der Waals surface area contributed by atoms with Crippen LogP contribution in [0.1, 0.15) is 40.5 Å². The molecule has 0 atom stereocenters. The highest BCUT2D eigenvalue weighted by molar-refractivity contribution is 4.65. The minimum absolute atomic E-state index is 0.282. The third kappa shape index (κ3) is 8.26. The SMILES string of the molecule is CCCN(CCO)CCC(C)(C)C. The lowest BCUT2D eigenvalue weighted by atomic mass is 9.92. The summed E-state index contributed by atoms with van der Waals surface area (Å²) in [7, 11) is 0. The Balaban J connectivity index is 3.68. The lowest BCUT2D eigenvalue weighted by Gasteiger charge is -2.25. The maximum absolute atomic E-state index is 8.85. The van der Waals surface area contributed by atoms with Crippen LogP contribution in [-0.2, 0) is 0 Å². The topological polar surface area (TPSA) is 23.5 Å². The minimum Gasteiger partial charge on any atom is -0.395 e. The van der Waals surface area contributed by atoms with Crippen LogP contribution >= 0.6 is 0 Å². The van der Waals surface area contributed by atoms with Gasteiger partial charge in [-0.05, 0) is 31.3 Å². The lowest BCUT2D eigenvalue weighted by Crippen LogP contribution is -2.30. The summed E-state index contributed by atoms with van der Waals surface area (Å²) in [6.07, 6.45) is 2.37. The first-order valence-corrected chi connectivity index (χ1v) is 5.33. The van der Waals surface area contributed by atoms with Gasteiger partial charge in [0.2, 0.25) is 0 Å². The van der Waals surface area contributed by atoms with Crippen LogP contribution in [0.25, 0.3) is 0 Å². The molecule has 0 aromatic rings. The summed E-state index contributed by atoms with van der Waals surface area (Å²) in [5.74, 6) is 0. The van der Waals surface area contributed by atoms with Gasteiger partial charge in [0.15, 0.2) is 0 Å². The second-order valence-electron chi connectivity index (χ2n) is 4.88. The van der Waals surface area contributed by atoms with Gasteiger partial charge in [0.1, 0.15) is 0 Å². The van der Waals surface area contributed by atoms with Gasteiger partial charge in [0, 0.05) is 6.54 Å². The number of aliphatic hydroxyl groups excluding tert-OH is 1. The average molecular weight is 187 g/mol. The van der Waals surface area contributed by atoms with E-state index in [9.17, 15) is 0 Å². The van der Waals surface area contributed by atoms with Gasteiger partial charge in [-0.25, -0.2) is 0 Å². The van der Waals surface area contributed by atoms with Crippen molar-refractivity contribution in [1.82, 2.24) is 4.90 Å². The largest absolute Gasteiger partial charge is 0.395 e. The smallest absolute Gasteiger partial charge is 0.0558 e. The van der Waals surface area contributed by atoms with Crippen molar-refractivity contribution in [3.8, 4) is 0 Å². The number of rotatable bonds is 6. The molecule has 0 aromatic carbocycles. The second kappa shape index (κ2) is 6.39. The molecule has 0 saturated carbocycles. The Morgan fingerprint density at radius 1 is 1.08 bits per heavy atom. The van der Waals surface area contributed by atoms with Crippen LogP contribution < -0.4 is 0 Å². The normalized spacial score (nSPS) is 12.5. The van der Waals surface area contributed by atoms with E-state index in [1.807, 2.05) is 0 Å². The van der Waals surface area contributed by atoms with Crippen molar-refractivity contribution in [2.75, 3.05) is 26.2 Å². The molecule has 0 saturated heterocycles. The van der Waals surface area contributed by atoms with E-state index in [1.165, 1.54) is 12.8 Å². The molecule has 1 N–H and O–H groups in total. The van der Waals surface area contributed by atoms with Crippen molar-refractivity contribution < 1.29 is 5.11 Å². The number of hydrogen-bond donors (Lipinski definition) is 1. The quantitative estimate of drug-likeness (QED) is 0.688. The molecule has 0 bridgehead atoms. The molecular formula is C11H25NO. The molecule has 0 aromatic heterocycles. The predicted octanol–water partition coefficient (Wildman–Crippen LogP) is 2.13. The van der Waals surface area contributed by atoms with E-state index < -0.39 is 0 Å². The molecule has 0 aliphatic heterocycles. The van der Waals surface area contributed by atoms with Gasteiger partial charge in [-0.15, -0.1) is 0 Å². The first-order chi connectivity index (χ1) is 5.99. The third-order valence-corrected chi connectivity index (χ3v) is 2.13. The Labute approximate surface area is 82.9 Å². The highest BCUT2D eigenvalue weighted by Crippen LogP contribution is 2.18. The van der Waals surface area contributed by atoms with Crippen molar-refractivity contribution in [3.63, 3.8) is 0 Å². The zero-order valence-electron chi connectivity index (χ0n) is 9.64. The van der Waals surface area contributed by atoms with Gasteiger partial charge in [-0.2, -0.15) is 0 Å². The summed E-state index contributed by atoms with van der Waals surface area (Å²) in [4.78, 5) is 2.34. The van der Waals surface area contributed by atoms with Gasteiger partial charge >= 0.3 is 0 Å². The Bertz CT molecular complexity index is 112. The molecule has 0 rings (SSSR count). The molecule has 0 unspecified atom stereocenters. The Kier molecular flexibility index (Phi) is 6.35. The lowest BCUT2D eigenvalue weighted by molar-refractivity contribution is 0.177. The predicted molar refractivity (Wildman–Crippen MR) is 57.9 cm³/mol. The molecule has 0 amide bonds. The van der Waals surface area contributed by atoms with Gasteiger partial charge in [-0.1, -0.05) is 27.7 Å². The minimum atomic E-state index is 0.282. The van der Waals surface area contributed by atoms with Gasteiger partial charge in [0.05, 0.1) is 6.61 Å². The summed E-state index contributed by atoms with van der Waals surface area (Å²) >= 11 is 0. The molecule has 0 aliphatic rings. The molecule has 0 heterocycles. The van der Waals surface area contributed by atoms with Crippen LogP contribution in [0.4, 0.5) is 0 Å². The molecule has 0 fully saturated rings. The summed E-state index contributed by atoms with van der Waals surface area (Å²) in [5, 5.41) is 8.85. The summed E-state index contributed by atoms with van der Waals surface area (Å²) in [5.41, 5.74) is 0.404. The zero-order chi connectivity index (χ0) is 10.3. The van der Waals surface area contributed by atoms with Crippen molar-refractivity contribution in [3.05, 3.63) is 0 Å². The molecule has 0 radical (unpaired) electrons. The van der Waals surface area contributed by atoms with E-state index in [0.717, 1.165) is 19.6 Å². The third-order valence-electron chi connectivity index (χ3n) is 2.13. The highest BCUT2D eigenvalue weighted by atomic mass is 16.3. The monoisotopic (exact) mass is 187 g/mol. The maximum Gasteiger partial charge on any atom is 0.0558 e. The molecular weight excluding hydrogens is 162 g/mol. The molecule has 80 valence electrons. The highest BCUT2D eigenvalue weighted by Gasteiger charge is 2.12. The van der Waals surface area contributed by atoms with Gasteiger partial charge < -0.3 is 10.0 Å². The molecule has 2 nitrogen and oxygen atoms in total. The van der Waals surface area contributed by atoms with E-state index in [1.54, 1.807) is 0 Å². The summed E-state index contributed by atoms with van der Waals surface area (Å²) < 4.78 is 0. The molecule has 0 spiro atoms. The Hall–Kier alpha value is -0.0800. The van der Waals surface area contributed by atoms with Crippen molar-refractivity contribution >= 4 is 0 Å². The fourth-order valence-corrected chi connectivity index (χ4v) is 1.29. The van der Waals surface area contributed by atoms with Gasteiger partial charge in [0.25, 0.3) is 0 Å². The fraction of sp³-hybridized carbons (Fsp3) is 1.00. The van der Waals surface area contributed by atoms with Crippen molar-refractivity contribution in [1.29, 1.82) is 0 Å². The van der Waals surface area contributed by atoms with Crippen LogP contribution in [0, 0.1) is 5.41 Å². The van der Waals surface area contributed by atoms with Crippen LogP contribution in [0.5, 0.6) is 0 Å². The van der Waals surface area contributed by atoms with Crippen molar-refractivity contribution in [2.24, 2.45) is 5.41 Å². The number of nitrogens with zero attached hydrogens (tertiary/aromatic N) is 1. The molecule has 13 heavy (non-hydrogen) atoms. The zero-order valence-corrected chi connectivity index (χ0v) is 9.64. The van der Waals surface area contributed by atoms with Crippen LogP contribution in [0.3, 0.4) is 0 Å². The number of aliphatic hydroxyl groups is 1. The Morgan fingerprint density at radius 3 is 2.08 bits per heavy atom. The van der Waals surface area contributed by atoms with Gasteiger partial charge in [-0.3, -0.25) is 0 Å². The van der Waals surface area contributed by atoms with Crippen LogP contribution in [0.15, 0.2) is 0 Å². The van der Waals surface area contributed by atoms with E-state index in [2.05, 4.69) is 32.6 Å². The second-order valence-corrected chi connectivity index (χ2v) is 4.88. The van der Waals surface area contributed by atoms with E-state index in [-0.39, 0.29) is 6.61 Å². The molecule has 0 aliphatic carbocycles. The summed E-state index contributed by atoms with van der Waals surface area (Å²) in [6, 6.07) is 0. The van der Waals surface area contributed by atoms with E-state index in [0.29, 0.717) is 5.41 Å². The standard InChI is InChI=1S/C11H25NO/c1-5-7-12(9-10-13)8-6-11(2,3)4/h13H,5-10H2,1-4H3. The first-order valence-electron chi connectivity index (χ1n) is 5.33. The molecule has 2 heteroatoms. The van der Waals surface area contributed by atoms with E-state index in [4.69, 9.17) is 5.11 Å². The first kappa shape index (κ1) is 12.9. The number of hydrogen-bond acceptors (Lipinski definition) is 2. The van der Waals surface area contributed by atoms with E-state index >= 15 is 0 Å². The van der Waals surface area contributed by atoms with Crippen LogP contribution in [-0.4, -0.2) is 36.2 Å². The maximum atomic E-state index is 8.85.